The molecule has 2 aromatic carbocycles. The second-order valence-electron chi connectivity index (χ2n) is 11.8. The van der Waals surface area contributed by atoms with Crippen LogP contribution in [0.5, 0.6) is 0 Å². The molecule has 1 aromatic heterocycles. The molecule has 0 radical (unpaired) electrons. The van der Waals surface area contributed by atoms with Crippen LogP contribution in [0.25, 0.3) is 0 Å². The Morgan fingerprint density at radius 2 is 1.90 bits per heavy atom. The second-order valence-corrected chi connectivity index (χ2v) is 11.8. The first-order valence-corrected chi connectivity index (χ1v) is 13.9. The molecule has 3 atom stereocenters. The van der Waals surface area contributed by atoms with Crippen LogP contribution in [0.4, 0.5) is 20.3 Å². The number of anilines is 2. The van der Waals surface area contributed by atoms with E-state index in [0.29, 0.717) is 37.3 Å². The van der Waals surface area contributed by atoms with E-state index in [1.54, 1.807) is 6.20 Å². The van der Waals surface area contributed by atoms with Gasteiger partial charge in [-0.25, -0.2) is 13.8 Å². The molecule has 3 aliphatic rings. The molecular formula is C31H33F2N5O3. The number of amides is 2. The number of aliphatic hydroxyl groups excluding tert-OH is 1. The van der Waals surface area contributed by atoms with Crippen molar-refractivity contribution in [3.63, 3.8) is 0 Å². The number of hydrogen-bond acceptors (Lipinski definition) is 6. The average molecular weight is 562 g/mol. The van der Waals surface area contributed by atoms with Gasteiger partial charge in [0.1, 0.15) is 30.2 Å². The van der Waals surface area contributed by atoms with Gasteiger partial charge < -0.3 is 26.0 Å². The quantitative estimate of drug-likeness (QED) is 0.367. The topological polar surface area (TPSA) is 107 Å². The molecule has 0 saturated carbocycles. The van der Waals surface area contributed by atoms with Crippen LogP contribution in [0.2, 0.25) is 0 Å². The first kappa shape index (κ1) is 27.3. The normalized spacial score (nSPS) is 24.4. The lowest BCUT2D eigenvalue weighted by Crippen LogP contribution is -2.51. The van der Waals surface area contributed by atoms with Crippen molar-refractivity contribution in [1.82, 2.24) is 15.2 Å². The number of benzene rings is 2. The van der Waals surface area contributed by atoms with Crippen molar-refractivity contribution < 1.29 is 23.5 Å². The van der Waals surface area contributed by atoms with Gasteiger partial charge in [0.2, 0.25) is 11.8 Å². The van der Waals surface area contributed by atoms with Crippen LogP contribution >= 0.6 is 0 Å². The molecule has 1 aliphatic carbocycles. The fourth-order valence-corrected chi connectivity index (χ4v) is 6.62. The van der Waals surface area contributed by atoms with E-state index in [4.69, 9.17) is 0 Å². The number of rotatable bonds is 6. The van der Waals surface area contributed by atoms with Gasteiger partial charge in [-0.2, -0.15) is 0 Å². The van der Waals surface area contributed by atoms with E-state index < -0.39 is 34.6 Å². The summed E-state index contributed by atoms with van der Waals surface area (Å²) in [6, 6.07) is 12.7. The molecule has 41 heavy (non-hydrogen) atoms. The van der Waals surface area contributed by atoms with Crippen LogP contribution in [0.3, 0.4) is 0 Å². The number of carbonyl (C=O) groups excluding carboxylic acids is 2. The first-order chi connectivity index (χ1) is 19.6. The molecule has 0 bridgehead atoms. The van der Waals surface area contributed by atoms with E-state index in [0.717, 1.165) is 35.7 Å². The lowest BCUT2D eigenvalue weighted by atomic mass is 9.79. The number of pyridine rings is 1. The minimum Gasteiger partial charge on any atom is -0.373 e. The SMILES string of the molecule is CC1(C(=O)N(CC(=O)Nc2ccc3c(c2)CC2(C3)c3cccnc3NC2O)Cc2cc(F)cc(F)c2)CCCNC1. The zero-order chi connectivity index (χ0) is 28.8. The standard InChI is InChI=1S/C31H33F2N5O3/c1-30(7-3-8-34-18-30)29(41)38(16-19-10-22(32)13-23(33)11-19)17-26(39)36-24-6-5-20-14-31(15-21(20)12-24)25-4-2-9-35-27(25)37-28(31)40/h2,4-6,9-13,28,34,40H,3,7-8,14-18H2,1H3,(H,35,37)(H,36,39). The van der Waals surface area contributed by atoms with E-state index in [2.05, 4.69) is 20.9 Å². The summed E-state index contributed by atoms with van der Waals surface area (Å²) < 4.78 is 27.9. The zero-order valence-corrected chi connectivity index (χ0v) is 22.8. The number of fused-ring (bicyclic) bond motifs is 3. The van der Waals surface area contributed by atoms with E-state index in [1.807, 2.05) is 37.3 Å². The Morgan fingerprint density at radius 3 is 2.66 bits per heavy atom. The predicted octanol–water partition coefficient (Wildman–Crippen LogP) is 3.50. The average Bonchev–Trinajstić information content (AvgIpc) is 3.44. The maximum absolute atomic E-state index is 13.9. The molecule has 3 heterocycles. The third-order valence-corrected chi connectivity index (χ3v) is 8.67. The van der Waals surface area contributed by atoms with Crippen LogP contribution in [0.1, 0.15) is 42.0 Å². The summed E-state index contributed by atoms with van der Waals surface area (Å²) in [5.41, 5.74) is 2.68. The van der Waals surface area contributed by atoms with Crippen molar-refractivity contribution in [2.24, 2.45) is 5.41 Å². The maximum atomic E-state index is 13.9. The molecule has 3 unspecified atom stereocenters. The van der Waals surface area contributed by atoms with E-state index in [-0.39, 0.29) is 24.6 Å². The van der Waals surface area contributed by atoms with Crippen molar-refractivity contribution in [1.29, 1.82) is 0 Å². The van der Waals surface area contributed by atoms with Gasteiger partial charge in [0, 0.05) is 36.6 Å². The number of halogens is 2. The minimum atomic E-state index is -0.777. The summed E-state index contributed by atoms with van der Waals surface area (Å²) in [6.45, 7) is 2.77. The van der Waals surface area contributed by atoms with Gasteiger partial charge in [-0.3, -0.25) is 9.59 Å². The summed E-state index contributed by atoms with van der Waals surface area (Å²) in [6.07, 6.45) is 3.61. The number of carbonyl (C=O) groups is 2. The van der Waals surface area contributed by atoms with Crippen molar-refractivity contribution in [3.8, 4) is 0 Å². The number of hydrogen-bond donors (Lipinski definition) is 4. The Hall–Kier alpha value is -3.89. The molecule has 10 heteroatoms. The smallest absolute Gasteiger partial charge is 0.244 e. The Balaban J connectivity index is 1.20. The molecule has 2 amide bonds. The van der Waals surface area contributed by atoms with Crippen molar-refractivity contribution in [2.75, 3.05) is 30.3 Å². The summed E-state index contributed by atoms with van der Waals surface area (Å²) in [5, 5.41) is 20.1. The van der Waals surface area contributed by atoms with Crippen LogP contribution < -0.4 is 16.0 Å². The third-order valence-electron chi connectivity index (χ3n) is 8.67. The third kappa shape index (κ3) is 5.17. The number of piperidine rings is 1. The Morgan fingerprint density at radius 1 is 1.12 bits per heavy atom. The van der Waals surface area contributed by atoms with Crippen molar-refractivity contribution >= 4 is 23.3 Å². The molecule has 1 spiro atoms. The van der Waals surface area contributed by atoms with Crippen LogP contribution in [0, 0.1) is 17.0 Å². The first-order valence-electron chi connectivity index (χ1n) is 13.9. The van der Waals surface area contributed by atoms with Gasteiger partial charge in [-0.1, -0.05) is 12.1 Å². The summed E-state index contributed by atoms with van der Waals surface area (Å²) in [4.78, 5) is 32.7. The molecule has 2 aliphatic heterocycles. The van der Waals surface area contributed by atoms with Gasteiger partial charge in [0.15, 0.2) is 0 Å². The summed E-state index contributed by atoms with van der Waals surface area (Å²) in [7, 11) is 0. The largest absolute Gasteiger partial charge is 0.373 e. The molecule has 214 valence electrons. The number of aliphatic hydroxyl groups is 1. The Kier molecular flexibility index (Phi) is 6.99. The van der Waals surface area contributed by atoms with Gasteiger partial charge in [-0.05, 0) is 86.2 Å². The van der Waals surface area contributed by atoms with Crippen LogP contribution in [-0.4, -0.2) is 52.7 Å². The van der Waals surface area contributed by atoms with E-state index in [9.17, 15) is 23.5 Å². The minimum absolute atomic E-state index is 0.0957. The zero-order valence-electron chi connectivity index (χ0n) is 22.8. The highest BCUT2D eigenvalue weighted by Gasteiger charge is 2.50. The maximum Gasteiger partial charge on any atom is 0.244 e. The highest BCUT2D eigenvalue weighted by Crippen LogP contribution is 2.48. The van der Waals surface area contributed by atoms with Crippen molar-refractivity contribution in [3.05, 3.63) is 88.6 Å². The van der Waals surface area contributed by atoms with Gasteiger partial charge in [0.25, 0.3) is 0 Å². The van der Waals surface area contributed by atoms with Crippen LogP contribution in [0.15, 0.2) is 54.7 Å². The fourth-order valence-electron chi connectivity index (χ4n) is 6.62. The summed E-state index contributed by atoms with van der Waals surface area (Å²) >= 11 is 0. The summed E-state index contributed by atoms with van der Waals surface area (Å²) in [5.74, 6) is -1.44. The van der Waals surface area contributed by atoms with Gasteiger partial charge in [-0.15, -0.1) is 0 Å². The Labute approximate surface area is 237 Å². The molecule has 1 saturated heterocycles. The fraction of sp³-hybridized carbons (Fsp3) is 0.387. The van der Waals surface area contributed by atoms with E-state index >= 15 is 0 Å². The van der Waals surface area contributed by atoms with Gasteiger partial charge in [0.05, 0.1) is 10.8 Å². The van der Waals surface area contributed by atoms with Crippen LogP contribution in [-0.2, 0) is 34.4 Å². The number of nitrogens with zero attached hydrogens (tertiary/aromatic N) is 2. The lowest BCUT2D eigenvalue weighted by molar-refractivity contribution is -0.145. The predicted molar refractivity (Wildman–Crippen MR) is 150 cm³/mol. The lowest BCUT2D eigenvalue weighted by Gasteiger charge is -2.37. The number of nitrogens with one attached hydrogen (secondary N) is 3. The van der Waals surface area contributed by atoms with Gasteiger partial charge >= 0.3 is 0 Å². The Bertz CT molecular complexity index is 1490. The molecular weight excluding hydrogens is 528 g/mol. The molecule has 8 nitrogen and oxygen atoms in total. The van der Waals surface area contributed by atoms with E-state index in [1.165, 1.54) is 17.0 Å². The molecule has 1 fully saturated rings. The second kappa shape index (κ2) is 10.5. The molecule has 6 rings (SSSR count). The molecule has 3 aromatic rings. The number of aromatic nitrogens is 1. The highest BCUT2D eigenvalue weighted by atomic mass is 19.1. The highest BCUT2D eigenvalue weighted by molar-refractivity contribution is 5.95. The van der Waals surface area contributed by atoms with Crippen molar-refractivity contribution in [2.45, 2.75) is 50.8 Å². The molecule has 4 N–H and O–H groups in total. The monoisotopic (exact) mass is 561 g/mol.